The zero-order valence-electron chi connectivity index (χ0n) is 5.00. The monoisotopic (exact) mass is 137 g/mol. The van der Waals surface area contributed by atoms with E-state index in [-0.39, 0.29) is 0 Å². The molecule has 0 amide bonds. The third-order valence-electron chi connectivity index (χ3n) is 1.04. The number of hydrogen-bond donors (Lipinski definition) is 0. The highest BCUT2D eigenvalue weighted by Gasteiger charge is 1.96. The Morgan fingerprint density at radius 2 is 2.67 bits per heavy atom. The van der Waals surface area contributed by atoms with E-state index < -0.39 is 0 Å². The molecule has 46 valence electrons. The second-order valence-corrected chi connectivity index (χ2v) is 2.85. The molecule has 0 spiro atoms. The molecule has 0 saturated carbocycles. The van der Waals surface area contributed by atoms with E-state index in [1.807, 2.05) is 12.2 Å². The fraction of sp³-hybridized carbons (Fsp3) is 0.286. The van der Waals surface area contributed by atoms with Gasteiger partial charge < -0.3 is 0 Å². The van der Waals surface area contributed by atoms with Gasteiger partial charge in [-0.25, -0.2) is 0 Å². The summed E-state index contributed by atoms with van der Waals surface area (Å²) in [5.41, 5.74) is 0. The number of nitriles is 1. The highest BCUT2D eigenvalue weighted by atomic mass is 32.2. The summed E-state index contributed by atoms with van der Waals surface area (Å²) >= 11 is 1.74. The Kier molecular flexibility index (Phi) is 2.41. The molecule has 0 atom stereocenters. The zero-order chi connectivity index (χ0) is 6.53. The first-order chi connectivity index (χ1) is 4.43. The molecule has 9 heavy (non-hydrogen) atoms. The molecular weight excluding hydrogens is 130 g/mol. The van der Waals surface area contributed by atoms with Gasteiger partial charge in [-0.3, -0.25) is 0 Å². The zero-order valence-corrected chi connectivity index (χ0v) is 5.82. The lowest BCUT2D eigenvalue weighted by Crippen LogP contribution is -1.81. The van der Waals surface area contributed by atoms with Crippen LogP contribution in [0.3, 0.4) is 0 Å². The summed E-state index contributed by atoms with van der Waals surface area (Å²) in [6.07, 6.45) is 6.65. The highest BCUT2D eigenvalue weighted by Crippen LogP contribution is 2.21. The molecule has 0 unspecified atom stereocenters. The third kappa shape index (κ3) is 1.95. The lowest BCUT2D eigenvalue weighted by atomic mass is 10.3. The van der Waals surface area contributed by atoms with Crippen LogP contribution in [0.2, 0.25) is 0 Å². The third-order valence-corrected chi connectivity index (χ3v) is 2.05. The minimum atomic E-state index is 0.564. The number of allylic oxidation sites excluding steroid dienone is 3. The Bertz CT molecular complexity index is 186. The van der Waals surface area contributed by atoms with Crippen molar-refractivity contribution in [2.45, 2.75) is 6.42 Å². The molecule has 1 nitrogen and oxygen atoms in total. The molecule has 1 aliphatic rings. The summed E-state index contributed by atoms with van der Waals surface area (Å²) in [7, 11) is 0. The molecule has 0 radical (unpaired) electrons. The van der Waals surface area contributed by atoms with Crippen molar-refractivity contribution in [2.75, 3.05) is 5.75 Å². The summed E-state index contributed by atoms with van der Waals surface area (Å²) in [5.74, 6) is 1.02. The van der Waals surface area contributed by atoms with Gasteiger partial charge in [-0.1, -0.05) is 18.2 Å². The van der Waals surface area contributed by atoms with E-state index in [0.717, 1.165) is 5.75 Å². The van der Waals surface area contributed by atoms with Gasteiger partial charge in [-0.05, 0) is 4.91 Å². The molecule has 1 rings (SSSR count). The van der Waals surface area contributed by atoms with E-state index in [9.17, 15) is 0 Å². The van der Waals surface area contributed by atoms with Crippen molar-refractivity contribution in [3.8, 4) is 6.07 Å². The van der Waals surface area contributed by atoms with Gasteiger partial charge in [0.15, 0.2) is 0 Å². The van der Waals surface area contributed by atoms with E-state index in [2.05, 4.69) is 12.1 Å². The molecule has 0 aromatic carbocycles. The maximum Gasteiger partial charge on any atom is 0.0675 e. The van der Waals surface area contributed by atoms with Crippen molar-refractivity contribution in [2.24, 2.45) is 0 Å². The molecule has 0 bridgehead atoms. The van der Waals surface area contributed by atoms with E-state index in [1.165, 1.54) is 4.91 Å². The minimum absolute atomic E-state index is 0.564. The topological polar surface area (TPSA) is 23.8 Å². The quantitative estimate of drug-likeness (QED) is 0.552. The minimum Gasteiger partial charge on any atom is -0.198 e. The molecule has 2 heteroatoms. The van der Waals surface area contributed by atoms with Crippen LogP contribution >= 0.6 is 11.8 Å². The van der Waals surface area contributed by atoms with Gasteiger partial charge in [0.2, 0.25) is 0 Å². The van der Waals surface area contributed by atoms with Crippen LogP contribution in [0.15, 0.2) is 23.1 Å². The van der Waals surface area contributed by atoms with E-state index in [0.29, 0.717) is 6.42 Å². The Labute approximate surface area is 59.1 Å². The lowest BCUT2D eigenvalue weighted by molar-refractivity contribution is 1.32. The number of rotatable bonds is 1. The number of hydrogen-bond acceptors (Lipinski definition) is 2. The van der Waals surface area contributed by atoms with Crippen molar-refractivity contribution < 1.29 is 0 Å². The van der Waals surface area contributed by atoms with Gasteiger partial charge in [0, 0.05) is 5.75 Å². The van der Waals surface area contributed by atoms with E-state index >= 15 is 0 Å². The molecule has 0 fully saturated rings. The average Bonchev–Trinajstić information content (AvgIpc) is 1.91. The molecule has 0 aromatic rings. The predicted molar refractivity (Wildman–Crippen MR) is 39.9 cm³/mol. The largest absolute Gasteiger partial charge is 0.198 e. The standard InChI is InChI=1S/C7H7NS/c8-5-4-7-3-1-2-6-9-7/h1-3H,4,6H2. The van der Waals surface area contributed by atoms with E-state index in [1.54, 1.807) is 11.8 Å². The summed E-state index contributed by atoms with van der Waals surface area (Å²) in [6.45, 7) is 0. The fourth-order valence-corrected chi connectivity index (χ4v) is 1.38. The Balaban J connectivity index is 2.50. The first-order valence-corrected chi connectivity index (χ1v) is 3.77. The van der Waals surface area contributed by atoms with Crippen LogP contribution in [0.5, 0.6) is 0 Å². The summed E-state index contributed by atoms with van der Waals surface area (Å²) in [6, 6.07) is 2.11. The summed E-state index contributed by atoms with van der Waals surface area (Å²) in [4.78, 5) is 1.18. The lowest BCUT2D eigenvalue weighted by Gasteiger charge is -2.01. The number of nitrogens with zero attached hydrogens (tertiary/aromatic N) is 1. The molecule has 0 saturated heterocycles. The first kappa shape index (κ1) is 6.44. The average molecular weight is 137 g/mol. The van der Waals surface area contributed by atoms with Crippen molar-refractivity contribution in [1.82, 2.24) is 0 Å². The molecule has 1 aliphatic heterocycles. The number of thioether (sulfide) groups is 1. The van der Waals surface area contributed by atoms with Crippen molar-refractivity contribution in [3.63, 3.8) is 0 Å². The van der Waals surface area contributed by atoms with Gasteiger partial charge in [0.25, 0.3) is 0 Å². The highest BCUT2D eigenvalue weighted by molar-refractivity contribution is 8.03. The normalized spacial score (nSPS) is 16.6. The summed E-state index contributed by atoms with van der Waals surface area (Å²) < 4.78 is 0. The fourth-order valence-electron chi connectivity index (χ4n) is 0.622. The molecule has 0 aliphatic carbocycles. The van der Waals surface area contributed by atoms with Crippen molar-refractivity contribution in [1.29, 1.82) is 5.26 Å². The maximum atomic E-state index is 8.29. The summed E-state index contributed by atoms with van der Waals surface area (Å²) in [5, 5.41) is 8.29. The van der Waals surface area contributed by atoms with Crippen LogP contribution < -0.4 is 0 Å². The SMILES string of the molecule is N#CCC1=CC=CCS1. The van der Waals surface area contributed by atoms with Crippen LogP contribution in [0, 0.1) is 11.3 Å². The Morgan fingerprint density at radius 3 is 3.22 bits per heavy atom. The van der Waals surface area contributed by atoms with Crippen LogP contribution in [0.1, 0.15) is 6.42 Å². The van der Waals surface area contributed by atoms with E-state index in [4.69, 9.17) is 5.26 Å². The van der Waals surface area contributed by atoms with Crippen LogP contribution in [-0.4, -0.2) is 5.75 Å². The smallest absolute Gasteiger partial charge is 0.0675 e. The van der Waals surface area contributed by atoms with Gasteiger partial charge >= 0.3 is 0 Å². The molecule has 0 aromatic heterocycles. The Morgan fingerprint density at radius 1 is 1.78 bits per heavy atom. The van der Waals surface area contributed by atoms with Crippen molar-refractivity contribution >= 4 is 11.8 Å². The second-order valence-electron chi connectivity index (χ2n) is 1.71. The molecule has 1 heterocycles. The Hall–Kier alpha value is -0.680. The van der Waals surface area contributed by atoms with Crippen molar-refractivity contribution in [3.05, 3.63) is 23.1 Å². The van der Waals surface area contributed by atoms with Crippen LogP contribution in [-0.2, 0) is 0 Å². The van der Waals surface area contributed by atoms with Crippen LogP contribution in [0.25, 0.3) is 0 Å². The molecular formula is C7H7NS. The second kappa shape index (κ2) is 3.37. The molecule has 0 N–H and O–H groups in total. The van der Waals surface area contributed by atoms with Crippen LogP contribution in [0.4, 0.5) is 0 Å². The maximum absolute atomic E-state index is 8.29. The van der Waals surface area contributed by atoms with Gasteiger partial charge in [0.1, 0.15) is 0 Å². The first-order valence-electron chi connectivity index (χ1n) is 2.79. The predicted octanol–water partition coefficient (Wildman–Crippen LogP) is 2.09. The van der Waals surface area contributed by atoms with Gasteiger partial charge in [-0.15, -0.1) is 11.8 Å². The van der Waals surface area contributed by atoms with Gasteiger partial charge in [0.05, 0.1) is 12.5 Å². The van der Waals surface area contributed by atoms with Gasteiger partial charge in [-0.2, -0.15) is 5.26 Å².